The Kier molecular flexibility index (Phi) is 1.93. The predicted molar refractivity (Wildman–Crippen MR) is 56.1 cm³/mol. The highest BCUT2D eigenvalue weighted by atomic mass is 16.1. The van der Waals surface area contributed by atoms with E-state index in [0.717, 1.165) is 16.5 Å². The number of benzene rings is 1. The van der Waals surface area contributed by atoms with Gasteiger partial charge in [0.1, 0.15) is 0 Å². The van der Waals surface area contributed by atoms with Crippen LogP contribution in [0.25, 0.3) is 10.9 Å². The molecule has 0 aliphatic carbocycles. The Hall–Kier alpha value is -1.55. The number of nitrogens with two attached hydrogens (primary N) is 1. The Bertz CT molecular complexity index is 536. The van der Waals surface area contributed by atoms with Crippen molar-refractivity contribution in [3.63, 3.8) is 0 Å². The zero-order valence-electron chi connectivity index (χ0n) is 8.32. The maximum absolute atomic E-state index is 11.7. The first-order valence-corrected chi connectivity index (χ1v) is 4.50. The molecule has 0 saturated carbocycles. The van der Waals surface area contributed by atoms with Crippen LogP contribution in [0.1, 0.15) is 5.56 Å². The van der Waals surface area contributed by atoms with Crippen molar-refractivity contribution in [2.45, 2.75) is 6.54 Å². The first-order valence-electron chi connectivity index (χ1n) is 4.50. The van der Waals surface area contributed by atoms with Gasteiger partial charge in [-0.1, -0.05) is 12.1 Å². The fraction of sp³-hybridized carbons (Fsp3) is 0.300. The summed E-state index contributed by atoms with van der Waals surface area (Å²) in [5.41, 5.74) is 7.58. The van der Waals surface area contributed by atoms with Crippen LogP contribution in [0.15, 0.2) is 23.0 Å². The molecule has 0 spiro atoms. The predicted octanol–water partition coefficient (Wildman–Crippen LogP) is 0.336. The van der Waals surface area contributed by atoms with Gasteiger partial charge in [-0.05, 0) is 11.6 Å². The summed E-state index contributed by atoms with van der Waals surface area (Å²) in [5.74, 6) is 0. The fourth-order valence-corrected chi connectivity index (χ4v) is 1.77. The van der Waals surface area contributed by atoms with Crippen LogP contribution in [0.4, 0.5) is 0 Å². The summed E-state index contributed by atoms with van der Waals surface area (Å²) in [5, 5.41) is 0.734. The molecule has 0 radical (unpaired) electrons. The Morgan fingerprint density at radius 2 is 2.00 bits per heavy atom. The molecule has 0 fully saturated rings. The van der Waals surface area contributed by atoms with Crippen molar-refractivity contribution in [3.8, 4) is 0 Å². The molecule has 1 aromatic heterocycles. The third-order valence-corrected chi connectivity index (χ3v) is 2.64. The maximum atomic E-state index is 11.7. The summed E-state index contributed by atoms with van der Waals surface area (Å²) in [4.78, 5) is 11.7. The van der Waals surface area contributed by atoms with E-state index in [1.54, 1.807) is 11.7 Å². The van der Waals surface area contributed by atoms with Crippen molar-refractivity contribution in [1.29, 1.82) is 0 Å². The molecule has 0 atom stereocenters. The summed E-state index contributed by atoms with van der Waals surface area (Å²) < 4.78 is 3.42. The molecule has 0 amide bonds. The summed E-state index contributed by atoms with van der Waals surface area (Å²) in [6.45, 7) is 0.453. The van der Waals surface area contributed by atoms with Gasteiger partial charge in [0.2, 0.25) is 0 Å². The monoisotopic (exact) mass is 191 g/mol. The second-order valence-electron chi connectivity index (χ2n) is 3.37. The van der Waals surface area contributed by atoms with E-state index in [4.69, 9.17) is 5.73 Å². The van der Waals surface area contributed by atoms with E-state index in [-0.39, 0.29) is 5.56 Å². The Labute approximate surface area is 81.5 Å². The van der Waals surface area contributed by atoms with Crippen LogP contribution < -0.4 is 11.3 Å². The van der Waals surface area contributed by atoms with Gasteiger partial charge in [-0.15, -0.1) is 0 Å². The SMILES string of the molecule is Cn1c(=O)c2cccc(CN)c2n1C. The molecule has 0 unspecified atom stereocenters. The molecule has 14 heavy (non-hydrogen) atoms. The van der Waals surface area contributed by atoms with Gasteiger partial charge >= 0.3 is 0 Å². The highest BCUT2D eigenvalue weighted by molar-refractivity contribution is 5.81. The number of fused-ring (bicyclic) bond motifs is 1. The van der Waals surface area contributed by atoms with Crippen molar-refractivity contribution in [2.24, 2.45) is 19.8 Å². The first kappa shape index (κ1) is 9.02. The van der Waals surface area contributed by atoms with Crippen LogP contribution >= 0.6 is 0 Å². The summed E-state index contributed by atoms with van der Waals surface area (Å²) in [6, 6.07) is 5.64. The van der Waals surface area contributed by atoms with E-state index in [1.807, 2.05) is 29.9 Å². The van der Waals surface area contributed by atoms with Crippen molar-refractivity contribution >= 4 is 10.9 Å². The lowest BCUT2D eigenvalue weighted by Gasteiger charge is -2.03. The lowest BCUT2D eigenvalue weighted by Crippen LogP contribution is -2.16. The molecule has 2 aromatic rings. The third kappa shape index (κ3) is 1.01. The van der Waals surface area contributed by atoms with E-state index < -0.39 is 0 Å². The summed E-state index contributed by atoms with van der Waals surface area (Å²) in [7, 11) is 3.62. The van der Waals surface area contributed by atoms with Gasteiger partial charge in [-0.2, -0.15) is 0 Å². The highest BCUT2D eigenvalue weighted by Gasteiger charge is 2.09. The first-order chi connectivity index (χ1) is 6.66. The zero-order chi connectivity index (χ0) is 10.3. The molecule has 0 aliphatic heterocycles. The van der Waals surface area contributed by atoms with Gasteiger partial charge in [0.05, 0.1) is 10.9 Å². The van der Waals surface area contributed by atoms with Crippen LogP contribution in [0.3, 0.4) is 0 Å². The molecule has 74 valence electrons. The molecule has 2 N–H and O–H groups in total. The van der Waals surface area contributed by atoms with Gasteiger partial charge in [-0.25, -0.2) is 0 Å². The van der Waals surface area contributed by atoms with Gasteiger partial charge in [0, 0.05) is 20.6 Å². The van der Waals surface area contributed by atoms with Crippen molar-refractivity contribution in [3.05, 3.63) is 34.1 Å². The molecular formula is C10H13N3O. The minimum Gasteiger partial charge on any atom is -0.326 e. The molecular weight excluding hydrogens is 178 g/mol. The quantitative estimate of drug-likeness (QED) is 0.706. The Morgan fingerprint density at radius 1 is 1.29 bits per heavy atom. The maximum Gasteiger partial charge on any atom is 0.274 e. The largest absolute Gasteiger partial charge is 0.326 e. The van der Waals surface area contributed by atoms with E-state index in [1.165, 1.54) is 0 Å². The molecule has 0 bridgehead atoms. The van der Waals surface area contributed by atoms with Crippen LogP contribution in [-0.2, 0) is 20.6 Å². The van der Waals surface area contributed by atoms with Crippen molar-refractivity contribution in [1.82, 2.24) is 9.36 Å². The number of para-hydroxylation sites is 1. The van der Waals surface area contributed by atoms with Crippen molar-refractivity contribution in [2.75, 3.05) is 0 Å². The minimum absolute atomic E-state index is 0.0257. The zero-order valence-corrected chi connectivity index (χ0v) is 8.32. The standard InChI is InChI=1S/C10H13N3O/c1-12-9-7(6-11)4-3-5-8(9)10(14)13(12)2/h3-5H,6,11H2,1-2H3. The average molecular weight is 191 g/mol. The van der Waals surface area contributed by atoms with Crippen LogP contribution in [0, 0.1) is 0 Å². The molecule has 2 rings (SSSR count). The second-order valence-corrected chi connectivity index (χ2v) is 3.37. The highest BCUT2D eigenvalue weighted by Crippen LogP contribution is 2.14. The van der Waals surface area contributed by atoms with Gasteiger partial charge < -0.3 is 5.73 Å². The smallest absolute Gasteiger partial charge is 0.274 e. The summed E-state index contributed by atoms with van der Waals surface area (Å²) >= 11 is 0. The van der Waals surface area contributed by atoms with Gasteiger partial charge in [0.25, 0.3) is 5.56 Å². The van der Waals surface area contributed by atoms with E-state index in [2.05, 4.69) is 0 Å². The van der Waals surface area contributed by atoms with Crippen LogP contribution in [0.2, 0.25) is 0 Å². The molecule has 4 nitrogen and oxygen atoms in total. The molecule has 0 aliphatic rings. The number of rotatable bonds is 1. The van der Waals surface area contributed by atoms with Crippen LogP contribution in [-0.4, -0.2) is 9.36 Å². The number of aromatic nitrogens is 2. The Balaban J connectivity index is 3.02. The lowest BCUT2D eigenvalue weighted by atomic mass is 10.1. The Morgan fingerprint density at radius 3 is 2.64 bits per heavy atom. The fourth-order valence-electron chi connectivity index (χ4n) is 1.77. The number of hydrogen-bond donors (Lipinski definition) is 1. The number of nitrogens with zero attached hydrogens (tertiary/aromatic N) is 2. The summed E-state index contributed by atoms with van der Waals surface area (Å²) in [6.07, 6.45) is 0. The number of hydrogen-bond acceptors (Lipinski definition) is 2. The number of aryl methyl sites for hydroxylation is 1. The van der Waals surface area contributed by atoms with E-state index in [0.29, 0.717) is 6.54 Å². The average Bonchev–Trinajstić information content (AvgIpc) is 2.44. The normalized spacial score (nSPS) is 11.1. The van der Waals surface area contributed by atoms with Crippen molar-refractivity contribution < 1.29 is 0 Å². The van der Waals surface area contributed by atoms with E-state index >= 15 is 0 Å². The van der Waals surface area contributed by atoms with Gasteiger partial charge in [-0.3, -0.25) is 14.2 Å². The topological polar surface area (TPSA) is 52.9 Å². The third-order valence-electron chi connectivity index (χ3n) is 2.64. The molecule has 1 aromatic carbocycles. The minimum atomic E-state index is 0.0257. The molecule has 1 heterocycles. The van der Waals surface area contributed by atoms with Crippen LogP contribution in [0.5, 0.6) is 0 Å². The molecule has 0 saturated heterocycles. The second kappa shape index (κ2) is 2.99. The van der Waals surface area contributed by atoms with E-state index in [9.17, 15) is 4.79 Å². The lowest BCUT2D eigenvalue weighted by molar-refractivity contribution is 0.594. The van der Waals surface area contributed by atoms with Gasteiger partial charge in [0.15, 0.2) is 0 Å². The molecule has 4 heteroatoms.